The number of nitro groups is 1. The summed E-state index contributed by atoms with van der Waals surface area (Å²) < 4.78 is 0. The summed E-state index contributed by atoms with van der Waals surface area (Å²) in [6.45, 7) is -0.00609. The van der Waals surface area contributed by atoms with Crippen LogP contribution in [0.3, 0.4) is 0 Å². The van der Waals surface area contributed by atoms with E-state index in [2.05, 4.69) is 20.6 Å². The van der Waals surface area contributed by atoms with Gasteiger partial charge in [-0.3, -0.25) is 14.9 Å². The monoisotopic (exact) mass is 379 g/mol. The standard InChI is InChI=1S/C19H17N5O4/c25-18(26)12-21-19-22-16(14-6-2-1-3-7-14)10-17(23-19)20-11-13-5-4-8-15(9-13)24(27)28/h1-10H,11-12H2,(H,25,26)(H2,20,21,22,23). The number of non-ortho nitro benzene ring substituents is 1. The molecule has 0 aliphatic carbocycles. The number of aliphatic carboxylic acids is 1. The smallest absolute Gasteiger partial charge is 0.322 e. The van der Waals surface area contributed by atoms with Gasteiger partial charge < -0.3 is 15.7 Å². The molecule has 0 aliphatic heterocycles. The molecule has 0 amide bonds. The van der Waals surface area contributed by atoms with Crippen molar-refractivity contribution >= 4 is 23.4 Å². The van der Waals surface area contributed by atoms with Crippen LogP contribution in [0.1, 0.15) is 5.56 Å². The van der Waals surface area contributed by atoms with E-state index in [0.29, 0.717) is 23.6 Å². The van der Waals surface area contributed by atoms with Gasteiger partial charge in [-0.05, 0) is 5.56 Å². The third-order valence-corrected chi connectivity index (χ3v) is 3.79. The van der Waals surface area contributed by atoms with Crippen molar-refractivity contribution in [3.05, 3.63) is 76.3 Å². The zero-order chi connectivity index (χ0) is 19.9. The predicted octanol–water partition coefficient (Wildman–Crippen LogP) is 3.16. The van der Waals surface area contributed by atoms with Crippen LogP contribution in [-0.4, -0.2) is 32.5 Å². The summed E-state index contributed by atoms with van der Waals surface area (Å²) in [6, 6.07) is 17.4. The van der Waals surface area contributed by atoms with Crippen LogP contribution in [0.5, 0.6) is 0 Å². The van der Waals surface area contributed by atoms with Gasteiger partial charge in [0, 0.05) is 30.3 Å². The van der Waals surface area contributed by atoms with Gasteiger partial charge in [0.25, 0.3) is 5.69 Å². The van der Waals surface area contributed by atoms with Crippen LogP contribution in [-0.2, 0) is 11.3 Å². The maximum Gasteiger partial charge on any atom is 0.322 e. The highest BCUT2D eigenvalue weighted by Crippen LogP contribution is 2.22. The first-order valence-corrected chi connectivity index (χ1v) is 8.38. The summed E-state index contributed by atoms with van der Waals surface area (Å²) in [5.74, 6) is -0.390. The third-order valence-electron chi connectivity index (χ3n) is 3.79. The minimum atomic E-state index is -1.03. The molecule has 3 rings (SSSR count). The van der Waals surface area contributed by atoms with Gasteiger partial charge >= 0.3 is 5.97 Å². The number of carboxylic acids is 1. The zero-order valence-corrected chi connectivity index (χ0v) is 14.7. The van der Waals surface area contributed by atoms with Crippen molar-refractivity contribution < 1.29 is 14.8 Å². The molecule has 3 N–H and O–H groups in total. The van der Waals surface area contributed by atoms with E-state index in [-0.39, 0.29) is 18.2 Å². The Hall–Kier alpha value is -4.01. The van der Waals surface area contributed by atoms with E-state index in [9.17, 15) is 14.9 Å². The lowest BCUT2D eigenvalue weighted by atomic mass is 10.1. The minimum absolute atomic E-state index is 0.00998. The van der Waals surface area contributed by atoms with Crippen LogP contribution in [0.15, 0.2) is 60.7 Å². The van der Waals surface area contributed by atoms with Gasteiger partial charge in [0.15, 0.2) is 0 Å². The van der Waals surface area contributed by atoms with Gasteiger partial charge in [-0.15, -0.1) is 0 Å². The summed E-state index contributed by atoms with van der Waals surface area (Å²) >= 11 is 0. The van der Waals surface area contributed by atoms with Gasteiger partial charge in [0.05, 0.1) is 10.6 Å². The Morgan fingerprint density at radius 1 is 1.04 bits per heavy atom. The second kappa shape index (κ2) is 8.58. The molecule has 3 aromatic rings. The van der Waals surface area contributed by atoms with Crippen molar-refractivity contribution in [3.63, 3.8) is 0 Å². The van der Waals surface area contributed by atoms with E-state index < -0.39 is 10.9 Å². The molecule has 142 valence electrons. The van der Waals surface area contributed by atoms with Crippen LogP contribution in [0.25, 0.3) is 11.3 Å². The maximum atomic E-state index is 10.9. The minimum Gasteiger partial charge on any atom is -0.480 e. The Morgan fingerprint density at radius 2 is 1.82 bits per heavy atom. The number of hydrogen-bond donors (Lipinski definition) is 3. The lowest BCUT2D eigenvalue weighted by Crippen LogP contribution is -2.15. The molecule has 1 heterocycles. The van der Waals surface area contributed by atoms with E-state index in [1.165, 1.54) is 12.1 Å². The van der Waals surface area contributed by atoms with E-state index in [4.69, 9.17) is 5.11 Å². The molecule has 0 radical (unpaired) electrons. The molecule has 0 aliphatic rings. The topological polar surface area (TPSA) is 130 Å². The Morgan fingerprint density at radius 3 is 2.54 bits per heavy atom. The van der Waals surface area contributed by atoms with Crippen molar-refractivity contribution in [1.29, 1.82) is 0 Å². The number of carboxylic acid groups (broad SMARTS) is 1. The fourth-order valence-electron chi connectivity index (χ4n) is 2.50. The van der Waals surface area contributed by atoms with Crippen LogP contribution in [0.2, 0.25) is 0 Å². The molecule has 0 atom stereocenters. The molecule has 9 heteroatoms. The summed E-state index contributed by atoms with van der Waals surface area (Å²) in [5.41, 5.74) is 2.19. The SMILES string of the molecule is O=C(O)CNc1nc(NCc2cccc([N+](=O)[O-])c2)cc(-c2ccccc2)n1. The van der Waals surface area contributed by atoms with Crippen molar-refractivity contribution in [2.45, 2.75) is 6.54 Å². The number of nitrogens with one attached hydrogen (secondary N) is 2. The molecule has 0 saturated carbocycles. The zero-order valence-electron chi connectivity index (χ0n) is 14.7. The molecular weight excluding hydrogens is 362 g/mol. The summed E-state index contributed by atoms with van der Waals surface area (Å²) in [4.78, 5) is 29.9. The first-order valence-electron chi connectivity index (χ1n) is 8.38. The highest BCUT2D eigenvalue weighted by Gasteiger charge is 2.09. The molecular formula is C19H17N5O4. The lowest BCUT2D eigenvalue weighted by Gasteiger charge is -2.11. The van der Waals surface area contributed by atoms with Crippen molar-refractivity contribution in [2.75, 3.05) is 17.2 Å². The lowest BCUT2D eigenvalue weighted by molar-refractivity contribution is -0.384. The number of aromatic nitrogens is 2. The highest BCUT2D eigenvalue weighted by molar-refractivity contribution is 5.72. The summed E-state index contributed by atoms with van der Waals surface area (Å²) in [6.07, 6.45) is 0. The van der Waals surface area contributed by atoms with Crippen LogP contribution in [0.4, 0.5) is 17.5 Å². The fraction of sp³-hybridized carbons (Fsp3) is 0.105. The van der Waals surface area contributed by atoms with Crippen molar-refractivity contribution in [3.8, 4) is 11.3 Å². The van der Waals surface area contributed by atoms with Crippen LogP contribution in [0, 0.1) is 10.1 Å². The first kappa shape index (κ1) is 18.8. The number of benzene rings is 2. The van der Waals surface area contributed by atoms with E-state index >= 15 is 0 Å². The molecule has 0 spiro atoms. The molecule has 0 fully saturated rings. The average molecular weight is 379 g/mol. The summed E-state index contributed by atoms with van der Waals surface area (Å²) in [7, 11) is 0. The van der Waals surface area contributed by atoms with Gasteiger partial charge in [-0.1, -0.05) is 42.5 Å². The van der Waals surface area contributed by atoms with Crippen molar-refractivity contribution in [2.24, 2.45) is 0 Å². The molecule has 0 unspecified atom stereocenters. The highest BCUT2D eigenvalue weighted by atomic mass is 16.6. The molecule has 0 saturated heterocycles. The van der Waals surface area contributed by atoms with Gasteiger partial charge in [-0.2, -0.15) is 4.98 Å². The van der Waals surface area contributed by atoms with E-state index in [0.717, 1.165) is 5.56 Å². The molecule has 28 heavy (non-hydrogen) atoms. The third kappa shape index (κ3) is 5.01. The Labute approximate surface area is 160 Å². The molecule has 1 aromatic heterocycles. The normalized spacial score (nSPS) is 10.3. The Bertz CT molecular complexity index is 995. The molecule has 9 nitrogen and oxygen atoms in total. The first-order chi connectivity index (χ1) is 13.5. The van der Waals surface area contributed by atoms with Crippen LogP contribution >= 0.6 is 0 Å². The summed E-state index contributed by atoms with van der Waals surface area (Å²) in [5, 5.41) is 25.5. The van der Waals surface area contributed by atoms with Gasteiger partial charge in [0.1, 0.15) is 12.4 Å². The average Bonchev–Trinajstić information content (AvgIpc) is 2.71. The molecule has 0 bridgehead atoms. The number of hydrogen-bond acceptors (Lipinski definition) is 7. The van der Waals surface area contributed by atoms with Crippen molar-refractivity contribution in [1.82, 2.24) is 9.97 Å². The maximum absolute atomic E-state index is 10.9. The van der Waals surface area contributed by atoms with Gasteiger partial charge in [0.2, 0.25) is 5.95 Å². The number of anilines is 2. The van der Waals surface area contributed by atoms with Crippen LogP contribution < -0.4 is 10.6 Å². The van der Waals surface area contributed by atoms with Gasteiger partial charge in [-0.25, -0.2) is 4.98 Å². The largest absolute Gasteiger partial charge is 0.480 e. The Balaban J connectivity index is 1.84. The Kier molecular flexibility index (Phi) is 5.75. The molecule has 2 aromatic carbocycles. The number of rotatable bonds is 8. The second-order valence-corrected chi connectivity index (χ2v) is 5.86. The second-order valence-electron chi connectivity index (χ2n) is 5.86. The fourth-order valence-corrected chi connectivity index (χ4v) is 2.50. The number of nitrogens with zero attached hydrogens (tertiary/aromatic N) is 3. The number of carbonyl (C=O) groups is 1. The number of nitro benzene ring substituents is 1. The quantitative estimate of drug-likeness (QED) is 0.402. The predicted molar refractivity (Wildman–Crippen MR) is 104 cm³/mol. The van der Waals surface area contributed by atoms with E-state index in [1.807, 2.05) is 30.3 Å². The van der Waals surface area contributed by atoms with E-state index in [1.54, 1.807) is 18.2 Å².